The number of anilines is 1. The van der Waals surface area contributed by atoms with Crippen molar-refractivity contribution in [1.29, 1.82) is 0 Å². The van der Waals surface area contributed by atoms with E-state index in [9.17, 15) is 4.79 Å². The highest BCUT2D eigenvalue weighted by molar-refractivity contribution is 6.90. The first kappa shape index (κ1) is 15.4. The number of hydrogen-bond acceptors (Lipinski definition) is 3. The second-order valence-corrected chi connectivity index (χ2v) is 11.8. The van der Waals surface area contributed by atoms with Gasteiger partial charge in [-0.2, -0.15) is 0 Å². The maximum Gasteiger partial charge on any atom is 0.195 e. The van der Waals surface area contributed by atoms with Crippen LogP contribution in [0.15, 0.2) is 54.7 Å². The molecule has 0 radical (unpaired) electrons. The molecule has 3 nitrogen and oxygen atoms in total. The van der Waals surface area contributed by atoms with E-state index >= 15 is 0 Å². The quantitative estimate of drug-likeness (QED) is 0.456. The molecule has 0 aliphatic rings. The number of rotatable bonds is 3. The van der Waals surface area contributed by atoms with E-state index in [1.54, 1.807) is 18.3 Å². The van der Waals surface area contributed by atoms with Gasteiger partial charge in [-0.1, -0.05) is 56.0 Å². The Kier molecular flexibility index (Phi) is 3.78. The predicted molar refractivity (Wildman–Crippen MR) is 99.0 cm³/mol. The SMILES string of the molecule is C[Si](C)(C)c1ccnc2c(N)c(C(=O)c3ccccc3)ccc12. The zero-order chi connectivity index (χ0) is 16.6. The van der Waals surface area contributed by atoms with Gasteiger partial charge in [-0.15, -0.1) is 0 Å². The second-order valence-electron chi connectivity index (χ2n) is 6.73. The van der Waals surface area contributed by atoms with Crippen LogP contribution in [0.25, 0.3) is 10.9 Å². The molecule has 1 heterocycles. The Balaban J connectivity index is 2.19. The number of hydrogen-bond donors (Lipinski definition) is 1. The molecule has 0 bridgehead atoms. The first-order valence-corrected chi connectivity index (χ1v) is 11.2. The molecule has 0 saturated heterocycles. The summed E-state index contributed by atoms with van der Waals surface area (Å²) in [5.74, 6) is -0.0646. The van der Waals surface area contributed by atoms with E-state index in [0.717, 1.165) is 10.9 Å². The monoisotopic (exact) mass is 320 g/mol. The van der Waals surface area contributed by atoms with E-state index < -0.39 is 8.07 Å². The van der Waals surface area contributed by atoms with Crippen LogP contribution < -0.4 is 10.9 Å². The van der Waals surface area contributed by atoms with Crippen molar-refractivity contribution < 1.29 is 4.79 Å². The molecule has 0 aliphatic carbocycles. The van der Waals surface area contributed by atoms with Crippen LogP contribution >= 0.6 is 0 Å². The average Bonchev–Trinajstić information content (AvgIpc) is 2.54. The largest absolute Gasteiger partial charge is 0.396 e. The lowest BCUT2D eigenvalue weighted by Crippen LogP contribution is -2.38. The maximum atomic E-state index is 12.7. The smallest absolute Gasteiger partial charge is 0.195 e. The molecule has 3 aromatic rings. The standard InChI is InChI=1S/C19H20N2OSi/c1-23(2,3)16-11-12-21-18-14(16)9-10-15(17(18)20)19(22)13-7-5-4-6-8-13/h4-12H,20H2,1-3H3. The molecule has 2 N–H and O–H groups in total. The van der Waals surface area contributed by atoms with E-state index in [-0.39, 0.29) is 5.78 Å². The fourth-order valence-corrected chi connectivity index (χ4v) is 4.42. The normalized spacial score (nSPS) is 11.6. The van der Waals surface area contributed by atoms with Crippen molar-refractivity contribution in [3.8, 4) is 0 Å². The van der Waals surface area contributed by atoms with E-state index in [1.807, 2.05) is 30.3 Å². The molecule has 23 heavy (non-hydrogen) atoms. The molecule has 1 aromatic heterocycles. The topological polar surface area (TPSA) is 56.0 Å². The van der Waals surface area contributed by atoms with E-state index in [2.05, 4.69) is 30.7 Å². The van der Waals surface area contributed by atoms with Gasteiger partial charge in [0.2, 0.25) is 0 Å². The fraction of sp³-hybridized carbons (Fsp3) is 0.158. The molecule has 4 heteroatoms. The zero-order valence-corrected chi connectivity index (χ0v) is 14.6. The van der Waals surface area contributed by atoms with Gasteiger partial charge in [0, 0.05) is 22.7 Å². The lowest BCUT2D eigenvalue weighted by Gasteiger charge is -2.19. The highest BCUT2D eigenvalue weighted by Crippen LogP contribution is 2.25. The van der Waals surface area contributed by atoms with Crippen LogP contribution in [0.5, 0.6) is 0 Å². The summed E-state index contributed by atoms with van der Waals surface area (Å²) >= 11 is 0. The van der Waals surface area contributed by atoms with Crippen LogP contribution in [0, 0.1) is 0 Å². The van der Waals surface area contributed by atoms with Crippen LogP contribution in [-0.2, 0) is 0 Å². The third-order valence-corrected chi connectivity index (χ3v) is 6.09. The van der Waals surface area contributed by atoms with Crippen LogP contribution in [0.2, 0.25) is 19.6 Å². The van der Waals surface area contributed by atoms with Gasteiger partial charge in [0.05, 0.1) is 19.3 Å². The van der Waals surface area contributed by atoms with Gasteiger partial charge in [-0.3, -0.25) is 9.78 Å². The lowest BCUT2D eigenvalue weighted by molar-refractivity contribution is 0.103. The number of carbonyl (C=O) groups excluding carboxylic acids is 1. The number of ketones is 1. The van der Waals surface area contributed by atoms with E-state index in [1.165, 1.54) is 5.19 Å². The van der Waals surface area contributed by atoms with Crippen molar-refractivity contribution in [3.05, 3.63) is 65.9 Å². The molecule has 2 aromatic carbocycles. The van der Waals surface area contributed by atoms with Gasteiger partial charge in [-0.25, -0.2) is 0 Å². The Morgan fingerprint density at radius 2 is 1.70 bits per heavy atom. The van der Waals surface area contributed by atoms with Crippen LogP contribution in [-0.4, -0.2) is 18.8 Å². The molecule has 0 spiro atoms. The molecule has 0 fully saturated rings. The maximum absolute atomic E-state index is 12.7. The number of nitrogens with zero attached hydrogens (tertiary/aromatic N) is 1. The predicted octanol–water partition coefficient (Wildman–Crippen LogP) is 3.59. The lowest BCUT2D eigenvalue weighted by atomic mass is 10.00. The summed E-state index contributed by atoms with van der Waals surface area (Å²) in [7, 11) is -1.51. The Bertz CT molecular complexity index is 883. The molecule has 0 amide bonds. The number of pyridine rings is 1. The van der Waals surface area contributed by atoms with Gasteiger partial charge >= 0.3 is 0 Å². The summed E-state index contributed by atoms with van der Waals surface area (Å²) in [5.41, 5.74) is 8.66. The first-order chi connectivity index (χ1) is 10.9. The third kappa shape index (κ3) is 2.77. The molecule has 0 unspecified atom stereocenters. The molecule has 0 saturated carbocycles. The number of benzene rings is 2. The van der Waals surface area contributed by atoms with Crippen molar-refractivity contribution in [2.45, 2.75) is 19.6 Å². The Morgan fingerprint density at radius 1 is 1.00 bits per heavy atom. The highest BCUT2D eigenvalue weighted by atomic mass is 28.3. The minimum absolute atomic E-state index is 0.0646. The van der Waals surface area contributed by atoms with Crippen LogP contribution in [0.4, 0.5) is 5.69 Å². The van der Waals surface area contributed by atoms with Gasteiger partial charge < -0.3 is 5.73 Å². The number of nitrogen functional groups attached to an aromatic ring is 1. The molecule has 3 rings (SSSR count). The van der Waals surface area contributed by atoms with Crippen LogP contribution in [0.3, 0.4) is 0 Å². The Morgan fingerprint density at radius 3 is 2.35 bits per heavy atom. The zero-order valence-electron chi connectivity index (χ0n) is 13.6. The Labute approximate surface area is 137 Å². The van der Waals surface area contributed by atoms with Gasteiger partial charge in [-0.05, 0) is 17.3 Å². The van der Waals surface area contributed by atoms with Crippen molar-refractivity contribution in [1.82, 2.24) is 4.98 Å². The van der Waals surface area contributed by atoms with Crippen molar-refractivity contribution in [2.24, 2.45) is 0 Å². The minimum Gasteiger partial charge on any atom is -0.396 e. The van der Waals surface area contributed by atoms with Crippen molar-refractivity contribution in [2.75, 3.05) is 5.73 Å². The number of fused-ring (bicyclic) bond motifs is 1. The summed E-state index contributed by atoms with van der Waals surface area (Å²) in [5, 5.41) is 2.38. The van der Waals surface area contributed by atoms with Gasteiger partial charge in [0.25, 0.3) is 0 Å². The Hall–Kier alpha value is -2.46. The number of nitrogens with two attached hydrogens (primary N) is 1. The summed E-state index contributed by atoms with van der Waals surface area (Å²) in [6.45, 7) is 6.88. The molecular formula is C19H20N2OSi. The number of aromatic nitrogens is 1. The molecule has 0 aliphatic heterocycles. The summed E-state index contributed by atoms with van der Waals surface area (Å²) in [6, 6.07) is 15.1. The van der Waals surface area contributed by atoms with Crippen LogP contribution in [0.1, 0.15) is 15.9 Å². The summed E-state index contributed by atoms with van der Waals surface area (Å²) in [6.07, 6.45) is 1.79. The van der Waals surface area contributed by atoms with Crippen molar-refractivity contribution >= 4 is 35.6 Å². The molecule has 116 valence electrons. The van der Waals surface area contributed by atoms with E-state index in [0.29, 0.717) is 16.8 Å². The molecular weight excluding hydrogens is 300 g/mol. The first-order valence-electron chi connectivity index (χ1n) is 7.67. The summed E-state index contributed by atoms with van der Waals surface area (Å²) < 4.78 is 0. The number of carbonyl (C=O) groups is 1. The van der Waals surface area contributed by atoms with E-state index in [4.69, 9.17) is 5.73 Å². The second kappa shape index (κ2) is 5.63. The highest BCUT2D eigenvalue weighted by Gasteiger charge is 2.22. The summed E-state index contributed by atoms with van der Waals surface area (Å²) in [4.78, 5) is 17.1. The van der Waals surface area contributed by atoms with Gasteiger partial charge in [0.1, 0.15) is 0 Å². The average molecular weight is 320 g/mol. The minimum atomic E-state index is -1.51. The molecule has 0 atom stereocenters. The third-order valence-electron chi connectivity index (χ3n) is 4.04. The van der Waals surface area contributed by atoms with Gasteiger partial charge in [0.15, 0.2) is 5.78 Å². The van der Waals surface area contributed by atoms with Crippen molar-refractivity contribution in [3.63, 3.8) is 0 Å². The fourth-order valence-electron chi connectivity index (χ4n) is 2.84.